The number of halogens is 1. The number of aromatic carboxylic acids is 1. The molecule has 3 fully saturated rings. The van der Waals surface area contributed by atoms with Gasteiger partial charge in [-0.15, -0.1) is 0 Å². The van der Waals surface area contributed by atoms with Crippen molar-refractivity contribution in [1.82, 2.24) is 9.88 Å². The van der Waals surface area contributed by atoms with Gasteiger partial charge in [-0.05, 0) is 31.9 Å². The van der Waals surface area contributed by atoms with Gasteiger partial charge < -0.3 is 24.7 Å². The van der Waals surface area contributed by atoms with Crippen LogP contribution < -0.4 is 10.3 Å². The summed E-state index contributed by atoms with van der Waals surface area (Å²) < 4.78 is 15.5. The number of rotatable bonds is 4. The van der Waals surface area contributed by atoms with E-state index in [4.69, 9.17) is 4.84 Å². The summed E-state index contributed by atoms with van der Waals surface area (Å²) >= 11 is 0. The first-order valence-electron chi connectivity index (χ1n) is 10.00. The maximum absolute atomic E-state index is 15.5. The number of nitrogens with one attached hydrogen (secondary N) is 1. The van der Waals surface area contributed by atoms with Crippen LogP contribution in [0.5, 0.6) is 0 Å². The number of aromatic amines is 1. The molecule has 158 valence electrons. The molecule has 3 aliphatic rings. The normalized spacial score (nSPS) is 22.1. The Morgan fingerprint density at radius 3 is 2.70 bits per heavy atom. The molecule has 8 nitrogen and oxygen atoms in total. The summed E-state index contributed by atoms with van der Waals surface area (Å²) in [6.45, 7) is 2.75. The zero-order chi connectivity index (χ0) is 21.2. The topological polar surface area (TPSA) is 98.2 Å². The molecule has 1 saturated carbocycles. The Hall–Kier alpha value is -2.94. The molecule has 2 saturated heterocycles. The zero-order valence-corrected chi connectivity index (χ0v) is 16.9. The highest BCUT2D eigenvalue weighted by molar-refractivity contribution is 6.00. The van der Waals surface area contributed by atoms with Crippen LogP contribution in [0.2, 0.25) is 0 Å². The van der Waals surface area contributed by atoms with Gasteiger partial charge in [-0.25, -0.2) is 9.18 Å². The maximum Gasteiger partial charge on any atom is 0.341 e. The molecule has 30 heavy (non-hydrogen) atoms. The van der Waals surface area contributed by atoms with E-state index in [1.165, 1.54) is 19.4 Å². The SMILES string of the molecule is CON=C1CN(c2c(F)cc3c(=O)c(C(=O)O)c[nH]c3c2C2CC2)CC12CN(C)C2. The molecule has 2 aliphatic heterocycles. The highest BCUT2D eigenvalue weighted by atomic mass is 19.1. The largest absolute Gasteiger partial charge is 0.477 e. The molecule has 1 spiro atoms. The number of likely N-dealkylation sites (tertiary alicyclic amines) is 1. The second-order valence-corrected chi connectivity index (χ2v) is 8.68. The van der Waals surface area contributed by atoms with Crippen LogP contribution in [0.4, 0.5) is 10.1 Å². The molecule has 0 amide bonds. The van der Waals surface area contributed by atoms with Crippen LogP contribution in [0.1, 0.15) is 34.7 Å². The summed E-state index contributed by atoms with van der Waals surface area (Å²) in [6.07, 6.45) is 3.04. The Morgan fingerprint density at radius 2 is 2.10 bits per heavy atom. The van der Waals surface area contributed by atoms with Crippen LogP contribution in [-0.4, -0.2) is 67.0 Å². The van der Waals surface area contributed by atoms with E-state index in [2.05, 4.69) is 15.0 Å². The number of oxime groups is 1. The number of nitrogens with zero attached hydrogens (tertiary/aromatic N) is 3. The van der Waals surface area contributed by atoms with Crippen LogP contribution in [0.3, 0.4) is 0 Å². The summed E-state index contributed by atoms with van der Waals surface area (Å²) in [7, 11) is 3.55. The van der Waals surface area contributed by atoms with Crippen molar-refractivity contribution in [2.75, 3.05) is 45.2 Å². The summed E-state index contributed by atoms with van der Waals surface area (Å²) in [6, 6.07) is 1.17. The van der Waals surface area contributed by atoms with Gasteiger partial charge in [0.15, 0.2) is 0 Å². The molecule has 3 heterocycles. The lowest BCUT2D eigenvalue weighted by Gasteiger charge is -2.45. The van der Waals surface area contributed by atoms with Gasteiger partial charge >= 0.3 is 5.97 Å². The van der Waals surface area contributed by atoms with Gasteiger partial charge in [0, 0.05) is 36.8 Å². The predicted molar refractivity (Wildman–Crippen MR) is 110 cm³/mol. The molecule has 0 unspecified atom stereocenters. The van der Waals surface area contributed by atoms with Gasteiger partial charge in [0.25, 0.3) is 0 Å². The molecule has 0 bridgehead atoms. The van der Waals surface area contributed by atoms with E-state index in [-0.39, 0.29) is 22.3 Å². The van der Waals surface area contributed by atoms with Crippen LogP contribution in [0.25, 0.3) is 10.9 Å². The van der Waals surface area contributed by atoms with E-state index >= 15 is 4.39 Å². The summed E-state index contributed by atoms with van der Waals surface area (Å²) in [5, 5.41) is 13.6. The highest BCUT2D eigenvalue weighted by Crippen LogP contribution is 2.50. The molecule has 1 aromatic carbocycles. The summed E-state index contributed by atoms with van der Waals surface area (Å²) in [5.41, 5.74) is 1.47. The van der Waals surface area contributed by atoms with Gasteiger partial charge in [0.1, 0.15) is 18.5 Å². The van der Waals surface area contributed by atoms with Gasteiger partial charge in [-0.3, -0.25) is 4.79 Å². The Bertz CT molecular complexity index is 1150. The van der Waals surface area contributed by atoms with Crippen molar-refractivity contribution in [3.63, 3.8) is 0 Å². The third kappa shape index (κ3) is 2.72. The molecule has 1 aliphatic carbocycles. The standard InChI is InChI=1S/C21H23FN4O4/c1-25-8-21(9-25)10-26(7-15(21)24-30-2)18-14(22)5-12-17(16(18)11-3-4-11)23-6-13(19(12)27)20(28)29/h5-6,11H,3-4,7-10H2,1-2H3,(H,23,27)(H,28,29). The van der Waals surface area contributed by atoms with Gasteiger partial charge in [0.05, 0.1) is 28.9 Å². The Labute approximate surface area is 171 Å². The maximum atomic E-state index is 15.5. The number of carbonyl (C=O) groups is 1. The third-order valence-corrected chi connectivity index (χ3v) is 6.47. The fourth-order valence-electron chi connectivity index (χ4n) is 5.12. The van der Waals surface area contributed by atoms with Crippen LogP contribution >= 0.6 is 0 Å². The smallest absolute Gasteiger partial charge is 0.341 e. The predicted octanol–water partition coefficient (Wildman–Crippen LogP) is 2.00. The van der Waals surface area contributed by atoms with Crippen molar-refractivity contribution in [3.8, 4) is 0 Å². The average Bonchev–Trinajstić information content (AvgIpc) is 3.44. The third-order valence-electron chi connectivity index (χ3n) is 6.47. The number of hydrogen-bond acceptors (Lipinski definition) is 6. The molecular weight excluding hydrogens is 391 g/mol. The second kappa shape index (κ2) is 6.53. The monoisotopic (exact) mass is 414 g/mol. The number of H-pyrrole nitrogens is 1. The Balaban J connectivity index is 1.67. The Kier molecular flexibility index (Phi) is 4.15. The molecule has 0 radical (unpaired) electrons. The molecular formula is C21H23FN4O4. The first-order valence-corrected chi connectivity index (χ1v) is 10.00. The van der Waals surface area contributed by atoms with Crippen LogP contribution in [0.15, 0.2) is 22.2 Å². The minimum atomic E-state index is -1.33. The molecule has 9 heteroatoms. The molecule has 5 rings (SSSR count). The van der Waals surface area contributed by atoms with E-state index < -0.39 is 17.2 Å². The van der Waals surface area contributed by atoms with Crippen molar-refractivity contribution in [1.29, 1.82) is 0 Å². The summed E-state index contributed by atoms with van der Waals surface area (Å²) in [4.78, 5) is 36.2. The molecule has 2 aromatic rings. The molecule has 2 N–H and O–H groups in total. The lowest BCUT2D eigenvalue weighted by molar-refractivity contribution is 0.0695. The first kappa shape index (κ1) is 19.0. The molecule has 1 aromatic heterocycles. The van der Waals surface area contributed by atoms with E-state index in [0.717, 1.165) is 37.2 Å². The number of pyridine rings is 1. The van der Waals surface area contributed by atoms with Crippen molar-refractivity contribution < 1.29 is 19.1 Å². The van der Waals surface area contributed by atoms with E-state index in [1.54, 1.807) is 0 Å². The highest BCUT2D eigenvalue weighted by Gasteiger charge is 2.52. The fourth-order valence-corrected chi connectivity index (χ4v) is 5.12. The molecule has 0 atom stereocenters. The van der Waals surface area contributed by atoms with E-state index in [0.29, 0.717) is 24.3 Å². The number of fused-ring (bicyclic) bond motifs is 1. The van der Waals surface area contributed by atoms with Gasteiger partial charge in [-0.2, -0.15) is 0 Å². The van der Waals surface area contributed by atoms with Gasteiger partial charge in [0.2, 0.25) is 5.43 Å². The van der Waals surface area contributed by atoms with Crippen molar-refractivity contribution >= 4 is 28.3 Å². The number of benzene rings is 1. The van der Waals surface area contributed by atoms with Crippen LogP contribution in [-0.2, 0) is 4.84 Å². The lowest BCUT2D eigenvalue weighted by Crippen LogP contribution is -2.59. The van der Waals surface area contributed by atoms with Gasteiger partial charge in [-0.1, -0.05) is 5.16 Å². The first-order chi connectivity index (χ1) is 14.3. The second-order valence-electron chi connectivity index (χ2n) is 8.68. The number of hydrogen-bond donors (Lipinski definition) is 2. The number of aromatic nitrogens is 1. The number of carboxylic acid groups (broad SMARTS) is 1. The quantitative estimate of drug-likeness (QED) is 0.743. The lowest BCUT2D eigenvalue weighted by atomic mass is 9.78. The minimum absolute atomic E-state index is 0.0844. The van der Waals surface area contributed by atoms with Crippen molar-refractivity contribution in [2.24, 2.45) is 10.6 Å². The summed E-state index contributed by atoms with van der Waals surface area (Å²) in [5.74, 6) is -1.68. The zero-order valence-electron chi connectivity index (χ0n) is 16.9. The van der Waals surface area contributed by atoms with E-state index in [9.17, 15) is 14.7 Å². The fraction of sp³-hybridized carbons (Fsp3) is 0.476. The average molecular weight is 414 g/mol. The van der Waals surface area contributed by atoms with E-state index in [1.807, 2.05) is 11.9 Å². The minimum Gasteiger partial charge on any atom is -0.477 e. The Morgan fingerprint density at radius 1 is 1.37 bits per heavy atom. The van der Waals surface area contributed by atoms with Crippen LogP contribution in [0, 0.1) is 11.2 Å². The van der Waals surface area contributed by atoms with Crippen molar-refractivity contribution in [2.45, 2.75) is 18.8 Å². The number of carboxylic acids is 1. The number of anilines is 1. The van der Waals surface area contributed by atoms with Crippen molar-refractivity contribution in [3.05, 3.63) is 39.4 Å².